The van der Waals surface area contributed by atoms with Crippen molar-refractivity contribution in [2.24, 2.45) is 5.41 Å². The van der Waals surface area contributed by atoms with E-state index in [0.29, 0.717) is 49.5 Å². The van der Waals surface area contributed by atoms with E-state index < -0.39 is 24.8 Å². The maximum absolute atomic E-state index is 13.0. The molecule has 9 nitrogen and oxygen atoms in total. The van der Waals surface area contributed by atoms with E-state index in [0.717, 1.165) is 16.9 Å². The summed E-state index contributed by atoms with van der Waals surface area (Å²) in [5.41, 5.74) is -0.761. The van der Waals surface area contributed by atoms with Crippen LogP contribution >= 0.6 is 0 Å². The number of alkyl halides is 5. The van der Waals surface area contributed by atoms with Crippen LogP contribution in [0.15, 0.2) is 24.5 Å². The average Bonchev–Trinajstić information content (AvgIpc) is 3.35. The topological polar surface area (TPSA) is 89.3 Å². The molecule has 2 fully saturated rings. The maximum Gasteiger partial charge on any atom is 0.433 e. The molecule has 36 heavy (non-hydrogen) atoms. The highest BCUT2D eigenvalue weighted by molar-refractivity contribution is 5.96. The van der Waals surface area contributed by atoms with Crippen molar-refractivity contribution in [3.05, 3.63) is 30.2 Å². The van der Waals surface area contributed by atoms with Crippen molar-refractivity contribution >= 4 is 28.6 Å². The highest BCUT2D eigenvalue weighted by Crippen LogP contribution is 2.43. The number of nitrogens with zero attached hydrogens (tertiary/aromatic N) is 7. The summed E-state index contributed by atoms with van der Waals surface area (Å²) >= 11 is 0. The zero-order valence-corrected chi connectivity index (χ0v) is 19.2. The number of methoxy groups -OCH3 is 1. The molecule has 0 saturated carbocycles. The molecule has 2 aliphatic rings. The molecule has 1 amide bonds. The molecule has 3 aromatic heterocycles. The fourth-order valence-electron chi connectivity index (χ4n) is 4.84. The number of anilines is 2. The lowest BCUT2D eigenvalue weighted by atomic mass is 9.77. The molecule has 0 aliphatic carbocycles. The number of amides is 1. The van der Waals surface area contributed by atoms with E-state index in [2.05, 4.69) is 20.1 Å². The predicted octanol–water partition coefficient (Wildman–Crippen LogP) is 3.54. The molecule has 5 rings (SSSR count). The van der Waals surface area contributed by atoms with Crippen LogP contribution in [-0.2, 0) is 17.5 Å². The number of hydrogen-bond donors (Lipinski definition) is 0. The Morgan fingerprint density at radius 1 is 1.14 bits per heavy atom. The Morgan fingerprint density at radius 2 is 1.89 bits per heavy atom. The second kappa shape index (κ2) is 8.82. The summed E-state index contributed by atoms with van der Waals surface area (Å²) in [5, 5.41) is 4.47. The summed E-state index contributed by atoms with van der Waals surface area (Å²) in [5.74, 6) is 0.367. The van der Waals surface area contributed by atoms with Gasteiger partial charge in [-0.15, -0.1) is 5.10 Å². The van der Waals surface area contributed by atoms with E-state index in [1.54, 1.807) is 0 Å². The summed E-state index contributed by atoms with van der Waals surface area (Å²) in [7, 11) is 1.39. The number of carbonyl (C=O) groups is 1. The number of rotatable bonds is 5. The minimum Gasteiger partial charge on any atom is -0.479 e. The molecule has 0 unspecified atom stereocenters. The SMILES string of the molecule is COc1nn(CC(F)F)c2nc(N3CCC4(CC3)CC(=O)N(c3ccc(C(F)(F)F)nc3)C4)ncc12. The molecule has 0 atom stereocenters. The van der Waals surface area contributed by atoms with Gasteiger partial charge in [-0.1, -0.05) is 0 Å². The first-order chi connectivity index (χ1) is 17.1. The lowest BCUT2D eigenvalue weighted by Gasteiger charge is -2.38. The maximum atomic E-state index is 13.0. The van der Waals surface area contributed by atoms with E-state index in [1.807, 2.05) is 4.90 Å². The number of hydrogen-bond acceptors (Lipinski definition) is 7. The third kappa shape index (κ3) is 4.39. The van der Waals surface area contributed by atoms with Crippen LogP contribution in [0.25, 0.3) is 11.0 Å². The van der Waals surface area contributed by atoms with Crippen LogP contribution in [0.5, 0.6) is 5.88 Å². The van der Waals surface area contributed by atoms with Gasteiger partial charge in [-0.25, -0.2) is 23.4 Å². The Kier molecular flexibility index (Phi) is 5.91. The zero-order chi connectivity index (χ0) is 25.7. The fourth-order valence-corrected chi connectivity index (χ4v) is 4.84. The highest BCUT2D eigenvalue weighted by Gasteiger charge is 2.46. The van der Waals surface area contributed by atoms with Crippen molar-refractivity contribution < 1.29 is 31.5 Å². The van der Waals surface area contributed by atoms with Crippen molar-refractivity contribution in [2.75, 3.05) is 36.5 Å². The Morgan fingerprint density at radius 3 is 2.50 bits per heavy atom. The van der Waals surface area contributed by atoms with E-state index in [4.69, 9.17) is 4.74 Å². The van der Waals surface area contributed by atoms with Crippen molar-refractivity contribution in [2.45, 2.75) is 38.4 Å². The quantitative estimate of drug-likeness (QED) is 0.484. The molecule has 2 saturated heterocycles. The number of ether oxygens (including phenoxy) is 1. The van der Waals surface area contributed by atoms with Crippen LogP contribution in [-0.4, -0.2) is 63.8 Å². The van der Waals surface area contributed by atoms with Gasteiger partial charge in [0, 0.05) is 37.7 Å². The zero-order valence-electron chi connectivity index (χ0n) is 19.2. The van der Waals surface area contributed by atoms with Gasteiger partial charge in [0.25, 0.3) is 6.43 Å². The van der Waals surface area contributed by atoms with Crippen LogP contribution in [0.3, 0.4) is 0 Å². The molecule has 0 aromatic carbocycles. The van der Waals surface area contributed by atoms with Gasteiger partial charge in [-0.05, 0) is 25.0 Å². The summed E-state index contributed by atoms with van der Waals surface area (Å²) < 4.78 is 70.7. The molecular formula is C22H22F5N7O2. The van der Waals surface area contributed by atoms with Crippen LogP contribution in [0.4, 0.5) is 33.6 Å². The largest absolute Gasteiger partial charge is 0.479 e. The Hall–Kier alpha value is -3.58. The minimum atomic E-state index is -4.55. The Balaban J connectivity index is 1.30. The molecule has 1 spiro atoms. The number of halogens is 5. The molecule has 192 valence electrons. The standard InChI is InChI=1S/C22H22F5N7O2/c1-36-19-14-10-29-20(30-18(14)34(31-19)11-16(23)24)32-6-4-21(5-7-32)8-17(35)33(12-21)13-2-3-15(28-9-13)22(25,26)27/h2-3,9-10,16H,4-8,11-12H2,1H3. The van der Waals surface area contributed by atoms with Gasteiger partial charge in [0.15, 0.2) is 5.65 Å². The molecule has 0 bridgehead atoms. The second-order valence-electron chi connectivity index (χ2n) is 9.03. The van der Waals surface area contributed by atoms with Crippen molar-refractivity contribution in [3.63, 3.8) is 0 Å². The first-order valence-electron chi connectivity index (χ1n) is 11.2. The monoisotopic (exact) mass is 511 g/mol. The average molecular weight is 511 g/mol. The molecule has 0 radical (unpaired) electrons. The van der Waals surface area contributed by atoms with Crippen molar-refractivity contribution in [1.29, 1.82) is 0 Å². The van der Waals surface area contributed by atoms with E-state index in [9.17, 15) is 26.7 Å². The third-order valence-corrected chi connectivity index (χ3v) is 6.72. The normalized spacial score (nSPS) is 18.1. The van der Waals surface area contributed by atoms with E-state index in [1.165, 1.54) is 24.3 Å². The summed E-state index contributed by atoms with van der Waals surface area (Å²) in [6, 6.07) is 2.14. The van der Waals surface area contributed by atoms with Crippen molar-refractivity contribution in [3.8, 4) is 5.88 Å². The molecule has 5 heterocycles. The van der Waals surface area contributed by atoms with Gasteiger partial charge in [-0.3, -0.25) is 4.79 Å². The van der Waals surface area contributed by atoms with Crippen LogP contribution in [0.1, 0.15) is 25.0 Å². The molecular weight excluding hydrogens is 489 g/mol. The Bertz CT molecular complexity index is 1270. The van der Waals surface area contributed by atoms with Gasteiger partial charge in [0.1, 0.15) is 17.6 Å². The number of carbonyl (C=O) groups excluding carboxylic acids is 1. The second-order valence-corrected chi connectivity index (χ2v) is 9.03. The van der Waals surface area contributed by atoms with Crippen LogP contribution in [0.2, 0.25) is 0 Å². The minimum absolute atomic E-state index is 0.161. The molecule has 0 N–H and O–H groups in total. The molecule has 14 heteroatoms. The number of pyridine rings is 1. The van der Waals surface area contributed by atoms with Gasteiger partial charge >= 0.3 is 6.18 Å². The summed E-state index contributed by atoms with van der Waals surface area (Å²) in [6.45, 7) is 0.803. The third-order valence-electron chi connectivity index (χ3n) is 6.72. The lowest BCUT2D eigenvalue weighted by Crippen LogP contribution is -2.42. The summed E-state index contributed by atoms with van der Waals surface area (Å²) in [4.78, 5) is 28.4. The smallest absolute Gasteiger partial charge is 0.433 e. The van der Waals surface area contributed by atoms with Gasteiger partial charge in [0.05, 0.1) is 19.0 Å². The first-order valence-corrected chi connectivity index (χ1v) is 11.2. The fraction of sp³-hybridized carbons (Fsp3) is 0.500. The van der Waals surface area contributed by atoms with Crippen molar-refractivity contribution in [1.82, 2.24) is 24.7 Å². The number of piperidine rings is 1. The van der Waals surface area contributed by atoms with Crippen LogP contribution in [0, 0.1) is 5.41 Å². The summed E-state index contributed by atoms with van der Waals surface area (Å²) in [6.07, 6.45) is -3.05. The van der Waals surface area contributed by atoms with Gasteiger partial charge < -0.3 is 14.5 Å². The Labute approximate surface area is 201 Å². The number of aromatic nitrogens is 5. The van der Waals surface area contributed by atoms with Gasteiger partial charge in [-0.2, -0.15) is 18.2 Å². The predicted molar refractivity (Wildman–Crippen MR) is 118 cm³/mol. The highest BCUT2D eigenvalue weighted by atomic mass is 19.4. The van der Waals surface area contributed by atoms with Gasteiger partial charge in [0.2, 0.25) is 17.7 Å². The lowest BCUT2D eigenvalue weighted by molar-refractivity contribution is -0.141. The molecule has 2 aliphatic heterocycles. The first kappa shape index (κ1) is 24.1. The molecule has 3 aromatic rings. The van der Waals surface area contributed by atoms with E-state index >= 15 is 0 Å². The van der Waals surface area contributed by atoms with Crippen LogP contribution < -0.4 is 14.5 Å². The van der Waals surface area contributed by atoms with E-state index in [-0.39, 0.29) is 29.3 Å². The number of fused-ring (bicyclic) bond motifs is 1.